The van der Waals surface area contributed by atoms with Crippen LogP contribution in [0, 0.1) is 0 Å². The Bertz CT molecular complexity index is 749. The molecule has 1 aliphatic rings. The largest absolute Gasteiger partial charge is 0.454 e. The Morgan fingerprint density at radius 1 is 1.25 bits per heavy atom. The van der Waals surface area contributed by atoms with Crippen molar-refractivity contribution in [3.8, 4) is 11.5 Å². The van der Waals surface area contributed by atoms with E-state index in [4.69, 9.17) is 9.47 Å². The molecule has 0 bridgehead atoms. The first-order valence-corrected chi connectivity index (χ1v) is 7.47. The molecular weight excluding hydrogens is 310 g/mol. The first-order valence-electron chi connectivity index (χ1n) is 7.47. The molecule has 1 N–H and O–H groups in total. The molecule has 2 heterocycles. The lowest BCUT2D eigenvalue weighted by Crippen LogP contribution is -2.39. The van der Waals surface area contributed by atoms with Crippen LogP contribution in [0.15, 0.2) is 42.7 Å². The van der Waals surface area contributed by atoms with Crippen molar-refractivity contribution in [3.63, 3.8) is 0 Å². The predicted octanol–water partition coefficient (Wildman–Crippen LogP) is 1.48. The third-order valence-electron chi connectivity index (χ3n) is 3.56. The summed E-state index contributed by atoms with van der Waals surface area (Å²) < 4.78 is 10.6. The van der Waals surface area contributed by atoms with Crippen LogP contribution in [0.3, 0.4) is 0 Å². The van der Waals surface area contributed by atoms with Crippen LogP contribution in [0.2, 0.25) is 0 Å². The molecule has 0 fully saturated rings. The van der Waals surface area contributed by atoms with Gasteiger partial charge in [0.1, 0.15) is 6.54 Å². The van der Waals surface area contributed by atoms with Gasteiger partial charge in [0.25, 0.3) is 0 Å². The van der Waals surface area contributed by atoms with Gasteiger partial charge in [0, 0.05) is 37.6 Å². The van der Waals surface area contributed by atoms with Gasteiger partial charge in [-0.2, -0.15) is 0 Å². The molecule has 24 heavy (non-hydrogen) atoms. The van der Waals surface area contributed by atoms with E-state index in [0.717, 1.165) is 5.56 Å². The Balaban J connectivity index is 1.65. The zero-order valence-corrected chi connectivity index (χ0v) is 13.2. The number of pyridine rings is 1. The number of hydrogen-bond donors (Lipinski definition) is 1. The molecule has 1 aliphatic heterocycles. The van der Waals surface area contributed by atoms with Crippen molar-refractivity contribution in [3.05, 3.63) is 48.3 Å². The minimum Gasteiger partial charge on any atom is -0.454 e. The van der Waals surface area contributed by atoms with Gasteiger partial charge in [-0.3, -0.25) is 14.6 Å². The molecule has 2 aromatic rings. The molecule has 3 rings (SSSR count). The maximum Gasteiger partial charge on any atom is 0.240 e. The molecule has 0 radical (unpaired) electrons. The van der Waals surface area contributed by atoms with Gasteiger partial charge in [-0.15, -0.1) is 0 Å². The van der Waals surface area contributed by atoms with Gasteiger partial charge in [-0.25, -0.2) is 0 Å². The lowest BCUT2D eigenvalue weighted by molar-refractivity contribution is -0.123. The fourth-order valence-electron chi connectivity index (χ4n) is 2.34. The van der Waals surface area contributed by atoms with Crippen molar-refractivity contribution in [2.75, 3.05) is 18.2 Å². The Kier molecular flexibility index (Phi) is 4.60. The monoisotopic (exact) mass is 327 g/mol. The first-order chi connectivity index (χ1) is 11.6. The van der Waals surface area contributed by atoms with Crippen molar-refractivity contribution in [2.24, 2.45) is 0 Å². The van der Waals surface area contributed by atoms with E-state index in [1.165, 1.54) is 11.8 Å². The van der Waals surface area contributed by atoms with Crippen molar-refractivity contribution >= 4 is 17.5 Å². The summed E-state index contributed by atoms with van der Waals surface area (Å²) in [4.78, 5) is 29.5. The number of anilines is 1. The first kappa shape index (κ1) is 15.8. The molecule has 2 amide bonds. The molecule has 0 saturated heterocycles. The van der Waals surface area contributed by atoms with E-state index in [1.54, 1.807) is 36.7 Å². The van der Waals surface area contributed by atoms with Gasteiger partial charge >= 0.3 is 0 Å². The van der Waals surface area contributed by atoms with Crippen molar-refractivity contribution < 1.29 is 19.1 Å². The van der Waals surface area contributed by atoms with E-state index in [9.17, 15) is 9.59 Å². The Hall–Kier alpha value is -3.09. The molecule has 0 unspecified atom stereocenters. The van der Waals surface area contributed by atoms with Gasteiger partial charge in [-0.05, 0) is 23.8 Å². The fourth-order valence-corrected chi connectivity index (χ4v) is 2.34. The van der Waals surface area contributed by atoms with E-state index in [-0.39, 0.29) is 25.2 Å². The second-order valence-corrected chi connectivity index (χ2v) is 5.28. The Labute approximate surface area is 139 Å². The van der Waals surface area contributed by atoms with Crippen LogP contribution >= 0.6 is 0 Å². The number of fused-ring (bicyclic) bond motifs is 1. The number of nitrogens with one attached hydrogen (secondary N) is 1. The van der Waals surface area contributed by atoms with Gasteiger partial charge in [-0.1, -0.05) is 6.07 Å². The molecule has 1 aromatic heterocycles. The topological polar surface area (TPSA) is 80.8 Å². The molecule has 0 atom stereocenters. The van der Waals surface area contributed by atoms with Gasteiger partial charge in [0.15, 0.2) is 11.5 Å². The summed E-state index contributed by atoms with van der Waals surface area (Å²) in [6, 6.07) is 8.81. The molecule has 0 saturated carbocycles. The number of hydrogen-bond acceptors (Lipinski definition) is 5. The number of carbonyl (C=O) groups is 2. The minimum absolute atomic E-state index is 0.0742. The molecule has 7 nitrogen and oxygen atoms in total. The smallest absolute Gasteiger partial charge is 0.240 e. The maximum atomic E-state index is 12.2. The van der Waals surface area contributed by atoms with E-state index < -0.39 is 0 Å². The van der Waals surface area contributed by atoms with Gasteiger partial charge < -0.3 is 19.7 Å². The molecule has 7 heteroatoms. The highest BCUT2D eigenvalue weighted by Crippen LogP contribution is 2.35. The highest BCUT2D eigenvalue weighted by atomic mass is 16.7. The van der Waals surface area contributed by atoms with Gasteiger partial charge in [0.2, 0.25) is 18.6 Å². The zero-order valence-electron chi connectivity index (χ0n) is 13.2. The molecular formula is C17H17N3O4. The fraction of sp³-hybridized carbons (Fsp3) is 0.235. The highest BCUT2D eigenvalue weighted by molar-refractivity contribution is 5.97. The second kappa shape index (κ2) is 6.99. The van der Waals surface area contributed by atoms with Crippen LogP contribution in [0.5, 0.6) is 11.5 Å². The van der Waals surface area contributed by atoms with Gasteiger partial charge in [0.05, 0.1) is 0 Å². The van der Waals surface area contributed by atoms with Crippen molar-refractivity contribution in [2.45, 2.75) is 13.5 Å². The van der Waals surface area contributed by atoms with Crippen LogP contribution in [-0.2, 0) is 16.1 Å². The molecule has 0 aliphatic carbocycles. The van der Waals surface area contributed by atoms with E-state index in [1.807, 2.05) is 6.07 Å². The lowest BCUT2D eigenvalue weighted by Gasteiger charge is -2.21. The van der Waals surface area contributed by atoms with E-state index in [2.05, 4.69) is 10.3 Å². The van der Waals surface area contributed by atoms with Crippen LogP contribution in [-0.4, -0.2) is 30.1 Å². The van der Waals surface area contributed by atoms with Crippen molar-refractivity contribution in [1.82, 2.24) is 10.3 Å². The molecule has 124 valence electrons. The molecule has 0 spiro atoms. The highest BCUT2D eigenvalue weighted by Gasteiger charge is 2.20. The average molecular weight is 327 g/mol. The number of amides is 2. The lowest BCUT2D eigenvalue weighted by atomic mass is 10.2. The number of aromatic nitrogens is 1. The van der Waals surface area contributed by atoms with E-state index in [0.29, 0.717) is 23.7 Å². The van der Waals surface area contributed by atoms with E-state index >= 15 is 0 Å². The average Bonchev–Trinajstić information content (AvgIpc) is 3.06. The van der Waals surface area contributed by atoms with Crippen LogP contribution in [0.4, 0.5) is 5.69 Å². The summed E-state index contributed by atoms with van der Waals surface area (Å²) in [6.07, 6.45) is 3.35. The standard InChI is InChI=1S/C17H17N3O4/c1-12(21)20(14-4-5-15-16(7-14)24-11-23-15)10-17(22)19-9-13-3-2-6-18-8-13/h2-8H,9-11H2,1H3,(H,19,22). The minimum atomic E-state index is -0.258. The molecule has 1 aromatic carbocycles. The summed E-state index contributed by atoms with van der Waals surface area (Å²) in [7, 11) is 0. The van der Waals surface area contributed by atoms with Crippen LogP contribution < -0.4 is 19.7 Å². The number of carbonyl (C=O) groups excluding carboxylic acids is 2. The quantitative estimate of drug-likeness (QED) is 0.900. The number of nitrogens with zero attached hydrogens (tertiary/aromatic N) is 2. The Morgan fingerprint density at radius 3 is 2.83 bits per heavy atom. The number of benzene rings is 1. The summed E-state index contributed by atoms with van der Waals surface area (Å²) in [5.74, 6) is 0.704. The summed E-state index contributed by atoms with van der Waals surface area (Å²) in [5, 5.41) is 2.78. The number of rotatable bonds is 5. The SMILES string of the molecule is CC(=O)N(CC(=O)NCc1cccnc1)c1ccc2c(c1)OCO2. The third-order valence-corrected chi connectivity index (χ3v) is 3.56. The van der Waals surface area contributed by atoms with Crippen LogP contribution in [0.25, 0.3) is 0 Å². The predicted molar refractivity (Wildman–Crippen MR) is 86.7 cm³/mol. The normalized spacial score (nSPS) is 11.9. The Morgan fingerprint density at radius 2 is 2.08 bits per heavy atom. The summed E-state index contributed by atoms with van der Waals surface area (Å²) in [6.45, 7) is 1.86. The van der Waals surface area contributed by atoms with Crippen LogP contribution in [0.1, 0.15) is 12.5 Å². The number of ether oxygens (including phenoxy) is 2. The third kappa shape index (κ3) is 3.62. The summed E-state index contributed by atoms with van der Waals surface area (Å²) in [5.41, 5.74) is 1.48. The second-order valence-electron chi connectivity index (χ2n) is 5.28. The van der Waals surface area contributed by atoms with Crippen molar-refractivity contribution in [1.29, 1.82) is 0 Å². The zero-order chi connectivity index (χ0) is 16.9. The maximum absolute atomic E-state index is 12.2. The summed E-state index contributed by atoms with van der Waals surface area (Å²) >= 11 is 0.